The highest BCUT2D eigenvalue weighted by molar-refractivity contribution is 6.44. The maximum atomic E-state index is 12.0. The lowest BCUT2D eigenvalue weighted by molar-refractivity contribution is 0.0951. The van der Waals surface area contributed by atoms with Gasteiger partial charge in [-0.15, -0.1) is 0 Å². The van der Waals surface area contributed by atoms with Crippen LogP contribution in [-0.4, -0.2) is 10.9 Å². The fourth-order valence-corrected chi connectivity index (χ4v) is 1.98. The Labute approximate surface area is 120 Å². The van der Waals surface area contributed by atoms with Crippen LogP contribution in [0.5, 0.6) is 0 Å². The Balaban J connectivity index is 2.13. The lowest BCUT2D eigenvalue weighted by Crippen LogP contribution is -2.23. The smallest absolute Gasteiger partial charge is 0.253 e. The molecule has 4 nitrogen and oxygen atoms in total. The van der Waals surface area contributed by atoms with E-state index >= 15 is 0 Å². The van der Waals surface area contributed by atoms with Gasteiger partial charge in [0, 0.05) is 24.6 Å². The van der Waals surface area contributed by atoms with Crippen molar-refractivity contribution in [1.82, 2.24) is 10.3 Å². The zero-order valence-electron chi connectivity index (χ0n) is 9.86. The van der Waals surface area contributed by atoms with Gasteiger partial charge >= 0.3 is 0 Å². The predicted octanol–water partition coefficient (Wildman–Crippen LogP) is 2.90. The van der Waals surface area contributed by atoms with Crippen LogP contribution in [0.2, 0.25) is 10.0 Å². The molecule has 2 rings (SSSR count). The first kappa shape index (κ1) is 13.6. The van der Waals surface area contributed by atoms with Crippen LogP contribution in [0, 0.1) is 0 Å². The van der Waals surface area contributed by atoms with Gasteiger partial charge in [-0.3, -0.25) is 9.78 Å². The molecule has 0 radical (unpaired) electrons. The summed E-state index contributed by atoms with van der Waals surface area (Å²) in [5.41, 5.74) is 7.24. The monoisotopic (exact) mass is 295 g/mol. The van der Waals surface area contributed by atoms with Crippen molar-refractivity contribution in [2.75, 3.05) is 5.73 Å². The number of benzene rings is 1. The number of aromatic nitrogens is 1. The zero-order valence-corrected chi connectivity index (χ0v) is 11.4. The van der Waals surface area contributed by atoms with E-state index in [0.717, 1.165) is 5.56 Å². The number of amides is 1. The lowest BCUT2D eigenvalue weighted by Gasteiger charge is -2.08. The number of hydrogen-bond acceptors (Lipinski definition) is 3. The Morgan fingerprint density at radius 3 is 2.63 bits per heavy atom. The van der Waals surface area contributed by atoms with E-state index in [1.807, 2.05) is 12.1 Å². The first-order valence-corrected chi connectivity index (χ1v) is 6.25. The fraction of sp³-hybridized carbons (Fsp3) is 0.0769. The number of rotatable bonds is 3. The van der Waals surface area contributed by atoms with E-state index in [0.29, 0.717) is 12.2 Å². The van der Waals surface area contributed by atoms with Crippen molar-refractivity contribution in [3.8, 4) is 0 Å². The number of carbonyl (C=O) groups excluding carboxylic acids is 1. The summed E-state index contributed by atoms with van der Waals surface area (Å²) >= 11 is 11.9. The molecule has 0 aliphatic rings. The molecule has 0 atom stereocenters. The molecule has 0 spiro atoms. The number of hydrogen-bond donors (Lipinski definition) is 2. The van der Waals surface area contributed by atoms with E-state index in [1.165, 1.54) is 12.1 Å². The third kappa shape index (κ3) is 3.36. The summed E-state index contributed by atoms with van der Waals surface area (Å²) in [5, 5.41) is 3.20. The highest BCUT2D eigenvalue weighted by Crippen LogP contribution is 2.28. The number of nitrogens with two attached hydrogens (primary N) is 1. The molecule has 1 aromatic heterocycles. The summed E-state index contributed by atoms with van der Waals surface area (Å²) in [6, 6.07) is 6.63. The van der Waals surface area contributed by atoms with Crippen LogP contribution >= 0.6 is 23.2 Å². The van der Waals surface area contributed by atoms with Crippen LogP contribution in [0.4, 0.5) is 5.69 Å². The molecule has 19 heavy (non-hydrogen) atoms. The van der Waals surface area contributed by atoms with Crippen LogP contribution in [0.1, 0.15) is 15.9 Å². The van der Waals surface area contributed by atoms with Crippen molar-refractivity contribution in [3.05, 3.63) is 57.8 Å². The maximum absolute atomic E-state index is 12.0. The summed E-state index contributed by atoms with van der Waals surface area (Å²) in [7, 11) is 0. The van der Waals surface area contributed by atoms with Crippen LogP contribution in [0.3, 0.4) is 0 Å². The van der Waals surface area contributed by atoms with Crippen molar-refractivity contribution in [3.63, 3.8) is 0 Å². The van der Waals surface area contributed by atoms with Gasteiger partial charge in [0.1, 0.15) is 0 Å². The number of carbonyl (C=O) groups is 1. The van der Waals surface area contributed by atoms with Gasteiger partial charge in [0.25, 0.3) is 5.91 Å². The number of nitrogen functional groups attached to an aromatic ring is 1. The van der Waals surface area contributed by atoms with Crippen LogP contribution in [0.15, 0.2) is 36.7 Å². The summed E-state index contributed by atoms with van der Waals surface area (Å²) < 4.78 is 0. The second-order valence-corrected chi connectivity index (χ2v) is 4.69. The molecular formula is C13H11Cl2N3O. The second kappa shape index (κ2) is 5.91. The normalized spacial score (nSPS) is 10.2. The molecule has 0 bridgehead atoms. The number of nitrogens with zero attached hydrogens (tertiary/aromatic N) is 1. The van der Waals surface area contributed by atoms with Gasteiger partial charge < -0.3 is 11.1 Å². The van der Waals surface area contributed by atoms with E-state index in [9.17, 15) is 4.79 Å². The number of pyridine rings is 1. The Morgan fingerprint density at radius 2 is 1.95 bits per heavy atom. The third-order valence-corrected chi connectivity index (χ3v) is 3.30. The molecule has 1 amide bonds. The first-order chi connectivity index (χ1) is 9.08. The highest BCUT2D eigenvalue weighted by Gasteiger charge is 2.13. The van der Waals surface area contributed by atoms with Crippen LogP contribution < -0.4 is 11.1 Å². The number of halogens is 2. The van der Waals surface area contributed by atoms with Crippen molar-refractivity contribution in [2.45, 2.75) is 6.54 Å². The van der Waals surface area contributed by atoms with Gasteiger partial charge in [-0.25, -0.2) is 0 Å². The molecule has 1 heterocycles. The summed E-state index contributed by atoms with van der Waals surface area (Å²) in [6.07, 6.45) is 3.32. The molecular weight excluding hydrogens is 285 g/mol. The zero-order chi connectivity index (χ0) is 13.8. The summed E-state index contributed by atoms with van der Waals surface area (Å²) in [4.78, 5) is 15.9. The van der Waals surface area contributed by atoms with Crippen molar-refractivity contribution in [2.24, 2.45) is 0 Å². The first-order valence-electron chi connectivity index (χ1n) is 5.49. The molecule has 0 fully saturated rings. The van der Waals surface area contributed by atoms with Gasteiger partial charge in [-0.05, 0) is 29.8 Å². The molecule has 0 saturated heterocycles. The molecule has 0 aliphatic heterocycles. The second-order valence-electron chi connectivity index (χ2n) is 3.90. The minimum absolute atomic E-state index is 0.197. The average Bonchev–Trinajstić information content (AvgIpc) is 2.41. The van der Waals surface area contributed by atoms with Gasteiger partial charge in [0.05, 0.1) is 15.6 Å². The quantitative estimate of drug-likeness (QED) is 0.856. The minimum Gasteiger partial charge on any atom is -0.399 e. The predicted molar refractivity (Wildman–Crippen MR) is 76.3 cm³/mol. The van der Waals surface area contributed by atoms with Crippen LogP contribution in [0.25, 0.3) is 0 Å². The van der Waals surface area contributed by atoms with Gasteiger partial charge in [-0.2, -0.15) is 0 Å². The lowest BCUT2D eigenvalue weighted by atomic mass is 10.2. The van der Waals surface area contributed by atoms with Gasteiger partial charge in [-0.1, -0.05) is 23.2 Å². The van der Waals surface area contributed by atoms with Gasteiger partial charge in [0.15, 0.2) is 0 Å². The van der Waals surface area contributed by atoms with Crippen molar-refractivity contribution in [1.29, 1.82) is 0 Å². The standard InChI is InChI=1S/C13H11Cl2N3O/c14-11-6-9(16)5-10(12(11)15)13(19)18-7-8-1-3-17-4-2-8/h1-6H,7,16H2,(H,18,19). The number of anilines is 1. The molecule has 0 unspecified atom stereocenters. The molecule has 0 aliphatic carbocycles. The Bertz CT molecular complexity index is 602. The molecule has 2 aromatic rings. The highest BCUT2D eigenvalue weighted by atomic mass is 35.5. The molecule has 0 saturated carbocycles. The van der Waals surface area contributed by atoms with Crippen molar-refractivity contribution < 1.29 is 4.79 Å². The maximum Gasteiger partial charge on any atom is 0.253 e. The molecule has 6 heteroatoms. The SMILES string of the molecule is Nc1cc(Cl)c(Cl)c(C(=O)NCc2ccncc2)c1. The minimum atomic E-state index is -0.323. The third-order valence-electron chi connectivity index (χ3n) is 2.50. The number of nitrogens with one attached hydrogen (secondary N) is 1. The summed E-state index contributed by atoms with van der Waals surface area (Å²) in [5.74, 6) is -0.323. The Kier molecular flexibility index (Phi) is 4.24. The molecule has 1 aromatic carbocycles. The summed E-state index contributed by atoms with van der Waals surface area (Å²) in [6.45, 7) is 0.379. The molecule has 3 N–H and O–H groups in total. The van der Waals surface area contributed by atoms with E-state index in [1.54, 1.807) is 12.4 Å². The Morgan fingerprint density at radius 1 is 1.26 bits per heavy atom. The topological polar surface area (TPSA) is 68.0 Å². The van der Waals surface area contributed by atoms with Crippen molar-refractivity contribution >= 4 is 34.8 Å². The van der Waals surface area contributed by atoms with E-state index < -0.39 is 0 Å². The molecule has 98 valence electrons. The van der Waals surface area contributed by atoms with Gasteiger partial charge in [0.2, 0.25) is 0 Å². The average molecular weight is 296 g/mol. The van der Waals surface area contributed by atoms with E-state index in [2.05, 4.69) is 10.3 Å². The van der Waals surface area contributed by atoms with E-state index in [-0.39, 0.29) is 21.5 Å². The fourth-order valence-electron chi connectivity index (χ4n) is 1.55. The van der Waals surface area contributed by atoms with Crippen LogP contribution in [-0.2, 0) is 6.54 Å². The Hall–Kier alpha value is -1.78. The largest absolute Gasteiger partial charge is 0.399 e. The van der Waals surface area contributed by atoms with E-state index in [4.69, 9.17) is 28.9 Å².